The van der Waals surface area contributed by atoms with Crippen LogP contribution in [0.25, 0.3) is 0 Å². The fraction of sp³-hybridized carbons (Fsp3) is 0.556. The molecule has 72 valence electrons. The first-order chi connectivity index (χ1) is 6.02. The maximum atomic E-state index is 10.6. The van der Waals surface area contributed by atoms with Gasteiger partial charge in [0.05, 0.1) is 11.6 Å². The molecule has 0 bridgehead atoms. The maximum Gasteiger partial charge on any atom is 0.306 e. The van der Waals surface area contributed by atoms with Gasteiger partial charge >= 0.3 is 5.97 Å². The number of aliphatic carboxylic acids is 1. The summed E-state index contributed by atoms with van der Waals surface area (Å²) < 4.78 is 4.93. The summed E-state index contributed by atoms with van der Waals surface area (Å²) in [5, 5.41) is 12.5. The second kappa shape index (κ2) is 3.60. The zero-order chi connectivity index (χ0) is 10.0. The zero-order valence-corrected chi connectivity index (χ0v) is 8.00. The third kappa shape index (κ3) is 2.08. The van der Waals surface area contributed by atoms with Gasteiger partial charge in [-0.1, -0.05) is 12.1 Å². The van der Waals surface area contributed by atoms with Crippen LogP contribution in [0.3, 0.4) is 0 Å². The van der Waals surface area contributed by atoms with E-state index < -0.39 is 11.9 Å². The lowest BCUT2D eigenvalue weighted by molar-refractivity contribution is -0.141. The van der Waals surface area contributed by atoms with E-state index in [0.717, 1.165) is 11.3 Å². The number of aromatic nitrogens is 1. The van der Waals surface area contributed by atoms with Crippen LogP contribution in [-0.2, 0) is 11.2 Å². The molecule has 4 heteroatoms. The summed E-state index contributed by atoms with van der Waals surface area (Å²) in [6.07, 6.45) is 0.483. The van der Waals surface area contributed by atoms with Crippen LogP contribution in [0.15, 0.2) is 4.52 Å². The van der Waals surface area contributed by atoms with E-state index in [1.54, 1.807) is 13.8 Å². The second-order valence-electron chi connectivity index (χ2n) is 3.25. The van der Waals surface area contributed by atoms with Gasteiger partial charge < -0.3 is 9.63 Å². The molecule has 0 radical (unpaired) electrons. The molecule has 1 heterocycles. The van der Waals surface area contributed by atoms with Crippen molar-refractivity contribution in [1.82, 2.24) is 5.16 Å². The van der Waals surface area contributed by atoms with Gasteiger partial charge in [-0.05, 0) is 20.3 Å². The van der Waals surface area contributed by atoms with Crippen LogP contribution in [0.5, 0.6) is 0 Å². The monoisotopic (exact) mass is 183 g/mol. The lowest BCUT2D eigenvalue weighted by Crippen LogP contribution is -2.12. The van der Waals surface area contributed by atoms with E-state index in [4.69, 9.17) is 9.63 Å². The quantitative estimate of drug-likeness (QED) is 0.772. The van der Waals surface area contributed by atoms with Crippen molar-refractivity contribution < 1.29 is 14.4 Å². The Hall–Kier alpha value is -1.32. The molecule has 1 N–H and O–H groups in total. The smallest absolute Gasteiger partial charge is 0.306 e. The van der Waals surface area contributed by atoms with E-state index in [2.05, 4.69) is 5.16 Å². The van der Waals surface area contributed by atoms with Crippen molar-refractivity contribution in [3.63, 3.8) is 0 Å². The molecular formula is C9H13NO3. The zero-order valence-electron chi connectivity index (χ0n) is 8.00. The van der Waals surface area contributed by atoms with E-state index in [1.165, 1.54) is 0 Å². The predicted molar refractivity (Wildman–Crippen MR) is 46.5 cm³/mol. The molecule has 1 aromatic rings. The highest BCUT2D eigenvalue weighted by molar-refractivity contribution is 5.70. The molecule has 0 aliphatic rings. The minimum absolute atomic E-state index is 0.392. The number of carboxylic acids is 1. The third-order valence-corrected chi connectivity index (χ3v) is 2.11. The molecule has 0 aromatic carbocycles. The molecule has 0 spiro atoms. The average molecular weight is 183 g/mol. The molecule has 0 saturated carbocycles. The van der Waals surface area contributed by atoms with Gasteiger partial charge in [-0.3, -0.25) is 4.79 Å². The lowest BCUT2D eigenvalue weighted by atomic mass is 10.0. The normalized spacial score (nSPS) is 12.8. The van der Waals surface area contributed by atoms with Gasteiger partial charge in [0.15, 0.2) is 0 Å². The summed E-state index contributed by atoms with van der Waals surface area (Å²) in [6.45, 7) is 5.29. The summed E-state index contributed by atoms with van der Waals surface area (Å²) in [7, 11) is 0. The van der Waals surface area contributed by atoms with Gasteiger partial charge in [-0.2, -0.15) is 0 Å². The number of hydrogen-bond acceptors (Lipinski definition) is 3. The lowest BCUT2D eigenvalue weighted by Gasteiger charge is -2.04. The van der Waals surface area contributed by atoms with Crippen LogP contribution < -0.4 is 0 Å². The van der Waals surface area contributed by atoms with Gasteiger partial charge in [0.1, 0.15) is 5.76 Å². The molecule has 1 aromatic heterocycles. The summed E-state index contributed by atoms with van der Waals surface area (Å²) in [6, 6.07) is 0. The fourth-order valence-corrected chi connectivity index (χ4v) is 1.19. The van der Waals surface area contributed by atoms with E-state index >= 15 is 0 Å². The van der Waals surface area contributed by atoms with Crippen LogP contribution in [0.4, 0.5) is 0 Å². The summed E-state index contributed by atoms with van der Waals surface area (Å²) in [4.78, 5) is 10.6. The topological polar surface area (TPSA) is 63.3 Å². The van der Waals surface area contributed by atoms with Gasteiger partial charge in [0.2, 0.25) is 0 Å². The van der Waals surface area contributed by atoms with Crippen molar-refractivity contribution in [2.45, 2.75) is 27.2 Å². The van der Waals surface area contributed by atoms with E-state index in [9.17, 15) is 4.79 Å². The highest BCUT2D eigenvalue weighted by Crippen LogP contribution is 2.16. The Morgan fingerprint density at radius 2 is 2.23 bits per heavy atom. The molecule has 4 nitrogen and oxygen atoms in total. The van der Waals surface area contributed by atoms with Gasteiger partial charge in [-0.25, -0.2) is 0 Å². The summed E-state index contributed by atoms with van der Waals surface area (Å²) in [5.74, 6) is -0.470. The standard InChI is InChI=1S/C9H13NO3/c1-5(9(11)12)4-8-6(2)10-13-7(8)3/h5H,4H2,1-3H3,(H,11,12)/t5-/m0/s1. The van der Waals surface area contributed by atoms with Gasteiger partial charge in [0.25, 0.3) is 0 Å². The Morgan fingerprint density at radius 3 is 2.62 bits per heavy atom. The number of hydrogen-bond donors (Lipinski definition) is 1. The molecule has 0 aliphatic heterocycles. The van der Waals surface area contributed by atoms with Crippen LogP contribution in [0.2, 0.25) is 0 Å². The third-order valence-electron chi connectivity index (χ3n) is 2.11. The van der Waals surface area contributed by atoms with Crippen molar-refractivity contribution in [3.8, 4) is 0 Å². The molecule has 13 heavy (non-hydrogen) atoms. The van der Waals surface area contributed by atoms with Crippen molar-refractivity contribution >= 4 is 5.97 Å². The van der Waals surface area contributed by atoms with E-state index in [-0.39, 0.29) is 0 Å². The fourth-order valence-electron chi connectivity index (χ4n) is 1.19. The number of carboxylic acid groups (broad SMARTS) is 1. The predicted octanol–water partition coefficient (Wildman–Crippen LogP) is 1.55. The number of aryl methyl sites for hydroxylation is 2. The number of rotatable bonds is 3. The molecule has 1 atom stereocenters. The highest BCUT2D eigenvalue weighted by atomic mass is 16.5. The number of nitrogens with zero attached hydrogens (tertiary/aromatic N) is 1. The van der Waals surface area contributed by atoms with Crippen molar-refractivity contribution in [2.75, 3.05) is 0 Å². The summed E-state index contributed by atoms with van der Waals surface area (Å²) in [5.41, 5.74) is 1.69. The second-order valence-corrected chi connectivity index (χ2v) is 3.25. The molecule has 0 unspecified atom stereocenters. The first kappa shape index (κ1) is 9.77. The maximum absolute atomic E-state index is 10.6. The van der Waals surface area contributed by atoms with Gasteiger partial charge in [0, 0.05) is 5.56 Å². The van der Waals surface area contributed by atoms with E-state index in [1.807, 2.05) is 6.92 Å². The van der Waals surface area contributed by atoms with Gasteiger partial charge in [-0.15, -0.1) is 0 Å². The number of carbonyl (C=O) groups is 1. The summed E-state index contributed by atoms with van der Waals surface area (Å²) >= 11 is 0. The average Bonchev–Trinajstić information content (AvgIpc) is 2.35. The van der Waals surface area contributed by atoms with Crippen LogP contribution in [0, 0.1) is 19.8 Å². The van der Waals surface area contributed by atoms with Crippen LogP contribution in [0.1, 0.15) is 23.9 Å². The first-order valence-corrected chi connectivity index (χ1v) is 4.17. The minimum Gasteiger partial charge on any atom is -0.481 e. The Labute approximate surface area is 76.5 Å². The molecule has 0 saturated heterocycles. The molecule has 0 amide bonds. The Morgan fingerprint density at radius 1 is 1.62 bits per heavy atom. The largest absolute Gasteiger partial charge is 0.481 e. The highest BCUT2D eigenvalue weighted by Gasteiger charge is 2.17. The van der Waals surface area contributed by atoms with E-state index in [0.29, 0.717) is 12.2 Å². The Kier molecular flexibility index (Phi) is 2.70. The van der Waals surface area contributed by atoms with Crippen LogP contribution >= 0.6 is 0 Å². The molecule has 0 fully saturated rings. The molecular weight excluding hydrogens is 170 g/mol. The van der Waals surface area contributed by atoms with Crippen LogP contribution in [-0.4, -0.2) is 16.2 Å². The molecule has 1 rings (SSSR count). The van der Waals surface area contributed by atoms with Crippen molar-refractivity contribution in [1.29, 1.82) is 0 Å². The SMILES string of the molecule is Cc1noc(C)c1C[C@H](C)C(=O)O. The first-order valence-electron chi connectivity index (χ1n) is 4.17. The van der Waals surface area contributed by atoms with Crippen molar-refractivity contribution in [2.24, 2.45) is 5.92 Å². The molecule has 0 aliphatic carbocycles. The Bertz CT molecular complexity index is 297. The van der Waals surface area contributed by atoms with Crippen molar-refractivity contribution in [3.05, 3.63) is 17.0 Å². The minimum atomic E-state index is -0.792. The Balaban J connectivity index is 2.79.